The number of amides is 1. The number of halogens is 1. The minimum atomic E-state index is -0.165. The molecule has 2 aromatic carbocycles. The van der Waals surface area contributed by atoms with E-state index in [-0.39, 0.29) is 16.9 Å². The normalized spacial score (nSPS) is 11.0. The first-order chi connectivity index (χ1) is 12.3. The van der Waals surface area contributed by atoms with E-state index >= 15 is 0 Å². The summed E-state index contributed by atoms with van der Waals surface area (Å²) in [6.45, 7) is 5.61. The molecule has 0 aliphatic heterocycles. The van der Waals surface area contributed by atoms with Crippen LogP contribution >= 0.6 is 23.8 Å². The standard InChI is InChI=1S/C18H18ClN5OS/c1-10(2)17(25)21-18(26)20-14-9-16-15(8-13(14)19)22-24(23-16)12-6-4-11(3)5-7-12/h4-10H,1-3H3,(H2,20,21,25,26). The number of aryl methyl sites for hydroxylation is 1. The Bertz CT molecular complexity index is 981. The maximum absolute atomic E-state index is 11.7. The van der Waals surface area contributed by atoms with Crippen molar-refractivity contribution in [3.63, 3.8) is 0 Å². The van der Waals surface area contributed by atoms with Crippen LogP contribution in [0.2, 0.25) is 5.02 Å². The van der Waals surface area contributed by atoms with Crippen LogP contribution in [0.4, 0.5) is 5.69 Å². The summed E-state index contributed by atoms with van der Waals surface area (Å²) in [7, 11) is 0. The van der Waals surface area contributed by atoms with Gasteiger partial charge in [0.25, 0.3) is 0 Å². The van der Waals surface area contributed by atoms with E-state index in [0.717, 1.165) is 11.3 Å². The summed E-state index contributed by atoms with van der Waals surface area (Å²) in [5.41, 5.74) is 3.91. The monoisotopic (exact) mass is 387 g/mol. The minimum Gasteiger partial charge on any atom is -0.331 e. The molecule has 8 heteroatoms. The zero-order valence-electron chi connectivity index (χ0n) is 14.6. The molecule has 26 heavy (non-hydrogen) atoms. The van der Waals surface area contributed by atoms with Crippen LogP contribution in [0, 0.1) is 12.8 Å². The van der Waals surface area contributed by atoms with Crippen LogP contribution in [-0.2, 0) is 4.79 Å². The van der Waals surface area contributed by atoms with Crippen molar-refractivity contribution in [2.75, 3.05) is 5.32 Å². The molecule has 6 nitrogen and oxygen atoms in total. The molecule has 1 aromatic heterocycles. The number of carbonyl (C=O) groups is 1. The summed E-state index contributed by atoms with van der Waals surface area (Å²) >= 11 is 11.5. The van der Waals surface area contributed by atoms with Gasteiger partial charge in [0.05, 0.1) is 16.4 Å². The van der Waals surface area contributed by atoms with Gasteiger partial charge in [0.15, 0.2) is 5.11 Å². The quantitative estimate of drug-likeness (QED) is 0.668. The highest BCUT2D eigenvalue weighted by atomic mass is 35.5. The topological polar surface area (TPSA) is 71.8 Å². The smallest absolute Gasteiger partial charge is 0.228 e. The number of nitrogens with zero attached hydrogens (tertiary/aromatic N) is 3. The van der Waals surface area contributed by atoms with E-state index in [2.05, 4.69) is 20.8 Å². The van der Waals surface area contributed by atoms with Crippen LogP contribution in [0.25, 0.3) is 16.7 Å². The molecule has 0 aliphatic rings. The van der Waals surface area contributed by atoms with Gasteiger partial charge in [-0.1, -0.05) is 43.1 Å². The summed E-state index contributed by atoms with van der Waals surface area (Å²) in [5, 5.41) is 15.1. The first-order valence-electron chi connectivity index (χ1n) is 8.09. The molecule has 3 aromatic rings. The highest BCUT2D eigenvalue weighted by molar-refractivity contribution is 7.80. The number of hydrogen-bond donors (Lipinski definition) is 2. The van der Waals surface area contributed by atoms with E-state index in [1.807, 2.05) is 31.2 Å². The van der Waals surface area contributed by atoms with Crippen molar-refractivity contribution >= 4 is 51.6 Å². The number of carbonyl (C=O) groups excluding carboxylic acids is 1. The highest BCUT2D eigenvalue weighted by Gasteiger charge is 2.13. The molecular weight excluding hydrogens is 370 g/mol. The molecule has 2 N–H and O–H groups in total. The van der Waals surface area contributed by atoms with Gasteiger partial charge in [0.1, 0.15) is 11.0 Å². The second kappa shape index (κ2) is 7.39. The Labute approximate surface area is 161 Å². The minimum absolute atomic E-state index is 0.162. The number of aromatic nitrogens is 3. The van der Waals surface area contributed by atoms with Crippen molar-refractivity contribution in [3.8, 4) is 5.69 Å². The SMILES string of the molecule is Cc1ccc(-n2nc3cc(Cl)c(NC(=S)NC(=O)C(C)C)cc3n2)cc1. The number of hydrogen-bond acceptors (Lipinski definition) is 4. The summed E-state index contributed by atoms with van der Waals surface area (Å²) in [4.78, 5) is 13.3. The molecule has 0 bridgehead atoms. The second-order valence-electron chi connectivity index (χ2n) is 6.24. The fraction of sp³-hybridized carbons (Fsp3) is 0.222. The third-order valence-electron chi connectivity index (χ3n) is 3.74. The average molecular weight is 388 g/mol. The lowest BCUT2D eigenvalue weighted by Gasteiger charge is -2.12. The number of rotatable bonds is 3. The zero-order chi connectivity index (χ0) is 18.8. The third-order valence-corrected chi connectivity index (χ3v) is 4.26. The van der Waals surface area contributed by atoms with E-state index in [4.69, 9.17) is 23.8 Å². The number of anilines is 1. The van der Waals surface area contributed by atoms with E-state index in [9.17, 15) is 4.79 Å². The molecule has 1 heterocycles. The van der Waals surface area contributed by atoms with Crippen LogP contribution in [0.5, 0.6) is 0 Å². The molecule has 1 amide bonds. The zero-order valence-corrected chi connectivity index (χ0v) is 16.1. The first kappa shape index (κ1) is 18.3. The first-order valence-corrected chi connectivity index (χ1v) is 8.87. The van der Waals surface area contributed by atoms with Crippen molar-refractivity contribution in [1.82, 2.24) is 20.3 Å². The molecule has 3 rings (SSSR count). The maximum atomic E-state index is 11.7. The van der Waals surface area contributed by atoms with Gasteiger partial charge in [-0.05, 0) is 43.4 Å². The highest BCUT2D eigenvalue weighted by Crippen LogP contribution is 2.27. The van der Waals surface area contributed by atoms with Crippen molar-refractivity contribution in [1.29, 1.82) is 0 Å². The Kier molecular flexibility index (Phi) is 5.20. The number of fused-ring (bicyclic) bond motifs is 1. The van der Waals surface area contributed by atoms with Gasteiger partial charge in [-0.2, -0.15) is 4.80 Å². The van der Waals surface area contributed by atoms with E-state index in [0.29, 0.717) is 21.7 Å². The predicted molar refractivity (Wildman–Crippen MR) is 108 cm³/mol. The van der Waals surface area contributed by atoms with E-state index < -0.39 is 0 Å². The Morgan fingerprint density at radius 1 is 1.15 bits per heavy atom. The van der Waals surface area contributed by atoms with Gasteiger partial charge < -0.3 is 10.6 Å². The Hall–Kier alpha value is -2.51. The predicted octanol–water partition coefficient (Wildman–Crippen LogP) is 3.85. The van der Waals surface area contributed by atoms with Crippen LogP contribution in [-0.4, -0.2) is 26.0 Å². The molecule has 0 aliphatic carbocycles. The maximum Gasteiger partial charge on any atom is 0.228 e. The van der Waals surface area contributed by atoms with E-state index in [1.165, 1.54) is 0 Å². The molecule has 134 valence electrons. The summed E-state index contributed by atoms with van der Waals surface area (Å²) in [5.74, 6) is -0.327. The molecule has 0 atom stereocenters. The number of benzene rings is 2. The van der Waals surface area contributed by atoms with Crippen molar-refractivity contribution in [2.45, 2.75) is 20.8 Å². The van der Waals surface area contributed by atoms with Gasteiger partial charge in [-0.3, -0.25) is 4.79 Å². The van der Waals surface area contributed by atoms with Gasteiger partial charge in [0, 0.05) is 5.92 Å². The summed E-state index contributed by atoms with van der Waals surface area (Å²) < 4.78 is 0. The van der Waals surface area contributed by atoms with Crippen molar-refractivity contribution < 1.29 is 4.79 Å². The van der Waals surface area contributed by atoms with E-state index in [1.54, 1.807) is 30.8 Å². The third kappa shape index (κ3) is 4.00. The van der Waals surface area contributed by atoms with Crippen LogP contribution < -0.4 is 10.6 Å². The lowest BCUT2D eigenvalue weighted by Crippen LogP contribution is -2.36. The summed E-state index contributed by atoms with van der Waals surface area (Å²) in [6.07, 6.45) is 0. The van der Waals surface area contributed by atoms with Gasteiger partial charge in [-0.25, -0.2) is 0 Å². The lowest BCUT2D eigenvalue weighted by molar-refractivity contribution is -0.122. The molecule has 0 unspecified atom stereocenters. The fourth-order valence-corrected chi connectivity index (χ4v) is 2.65. The van der Waals surface area contributed by atoms with Crippen molar-refractivity contribution in [3.05, 3.63) is 47.0 Å². The Morgan fingerprint density at radius 2 is 1.77 bits per heavy atom. The molecular formula is C18H18ClN5OS. The lowest BCUT2D eigenvalue weighted by atomic mass is 10.2. The second-order valence-corrected chi connectivity index (χ2v) is 7.06. The number of nitrogens with one attached hydrogen (secondary N) is 2. The molecule has 0 fully saturated rings. The van der Waals surface area contributed by atoms with Gasteiger partial charge >= 0.3 is 0 Å². The molecule has 0 spiro atoms. The Morgan fingerprint density at radius 3 is 2.38 bits per heavy atom. The van der Waals surface area contributed by atoms with Crippen LogP contribution in [0.15, 0.2) is 36.4 Å². The largest absolute Gasteiger partial charge is 0.331 e. The molecule has 0 saturated heterocycles. The fourth-order valence-electron chi connectivity index (χ4n) is 2.24. The molecule has 0 saturated carbocycles. The van der Waals surface area contributed by atoms with Crippen molar-refractivity contribution in [2.24, 2.45) is 5.92 Å². The summed E-state index contributed by atoms with van der Waals surface area (Å²) in [6, 6.07) is 11.4. The average Bonchev–Trinajstić information content (AvgIpc) is 2.98. The van der Waals surface area contributed by atoms with Crippen LogP contribution in [0.3, 0.4) is 0 Å². The van der Waals surface area contributed by atoms with Gasteiger partial charge in [-0.15, -0.1) is 10.2 Å². The number of thiocarbonyl (C=S) groups is 1. The molecule has 0 radical (unpaired) electrons. The van der Waals surface area contributed by atoms with Crippen LogP contribution in [0.1, 0.15) is 19.4 Å². The van der Waals surface area contributed by atoms with Gasteiger partial charge in [0.2, 0.25) is 5.91 Å². The Balaban J connectivity index is 1.86.